The zero-order valence-electron chi connectivity index (χ0n) is 18.2. The molecule has 0 radical (unpaired) electrons. The molecule has 2 heterocycles. The number of aromatic nitrogens is 2. The van der Waals surface area contributed by atoms with E-state index in [0.717, 1.165) is 15.0 Å². The van der Waals surface area contributed by atoms with Crippen LogP contribution in [0, 0.1) is 0 Å². The predicted octanol–water partition coefficient (Wildman–Crippen LogP) is 6.61. The summed E-state index contributed by atoms with van der Waals surface area (Å²) in [7, 11) is 0. The molecular formula is C24H20BrCl2N5O2. The number of fused-ring (bicyclic) bond motifs is 3. The lowest BCUT2D eigenvalue weighted by Gasteiger charge is -2.20. The van der Waals surface area contributed by atoms with Crippen molar-refractivity contribution in [3.05, 3.63) is 74.2 Å². The largest absolute Gasteiger partial charge is 0.486 e. The van der Waals surface area contributed by atoms with Gasteiger partial charge in [-0.1, -0.05) is 45.2 Å². The summed E-state index contributed by atoms with van der Waals surface area (Å²) in [6, 6.07) is 14.1. The number of imidazole rings is 1. The highest BCUT2D eigenvalue weighted by Gasteiger charge is 2.37. The Labute approximate surface area is 214 Å². The van der Waals surface area contributed by atoms with Crippen LogP contribution in [0.2, 0.25) is 10.0 Å². The van der Waals surface area contributed by atoms with Gasteiger partial charge < -0.3 is 15.0 Å². The smallest absolute Gasteiger partial charge is 0.276 e. The molecule has 0 spiro atoms. The fraction of sp³-hybridized carbons (Fsp3) is 0.167. The summed E-state index contributed by atoms with van der Waals surface area (Å²) in [6.07, 6.45) is 0.583. The molecule has 0 aliphatic carbocycles. The number of H-pyrrole nitrogens is 1. The van der Waals surface area contributed by atoms with E-state index in [2.05, 4.69) is 26.2 Å². The Balaban J connectivity index is 1.59. The highest BCUT2D eigenvalue weighted by atomic mass is 79.9. The van der Waals surface area contributed by atoms with Gasteiger partial charge in [0.2, 0.25) is 5.95 Å². The Morgan fingerprint density at radius 2 is 1.88 bits per heavy atom. The van der Waals surface area contributed by atoms with Crippen LogP contribution in [0.5, 0.6) is 5.75 Å². The van der Waals surface area contributed by atoms with Crippen molar-refractivity contribution in [2.75, 3.05) is 10.3 Å². The molecule has 0 bridgehead atoms. The SMILES string of the molecule is CC1(C)Cc2c(c(C(=O)N(N)c3ccc(Br)cc3)cc3[nH]c(Nc4c(Cl)cccc4Cl)nc23)O1. The van der Waals surface area contributed by atoms with Crippen molar-refractivity contribution in [2.24, 2.45) is 5.84 Å². The number of hydrogen-bond acceptors (Lipinski definition) is 5. The molecule has 1 aliphatic rings. The van der Waals surface area contributed by atoms with E-state index in [4.69, 9.17) is 38.8 Å². The molecule has 34 heavy (non-hydrogen) atoms. The lowest BCUT2D eigenvalue weighted by atomic mass is 9.98. The third-order valence-electron chi connectivity index (χ3n) is 5.57. The molecule has 10 heteroatoms. The number of amides is 1. The molecule has 3 aromatic carbocycles. The number of anilines is 3. The van der Waals surface area contributed by atoms with E-state index < -0.39 is 11.5 Å². The van der Waals surface area contributed by atoms with Crippen LogP contribution in [0.3, 0.4) is 0 Å². The first-order chi connectivity index (χ1) is 16.1. The van der Waals surface area contributed by atoms with Gasteiger partial charge in [0.15, 0.2) is 0 Å². The number of nitrogens with one attached hydrogen (secondary N) is 2. The van der Waals surface area contributed by atoms with E-state index in [9.17, 15) is 4.79 Å². The Bertz CT molecular complexity index is 1420. The van der Waals surface area contributed by atoms with Gasteiger partial charge in [-0.25, -0.2) is 15.8 Å². The number of carbonyl (C=O) groups is 1. The normalized spacial score (nSPS) is 14.1. The number of para-hydroxylation sites is 1. The first kappa shape index (κ1) is 23.0. The number of nitrogens with zero attached hydrogens (tertiary/aromatic N) is 2. The van der Waals surface area contributed by atoms with Gasteiger partial charge in [0, 0.05) is 16.5 Å². The number of rotatable bonds is 4. The average Bonchev–Trinajstić information content (AvgIpc) is 3.34. The van der Waals surface area contributed by atoms with Gasteiger partial charge >= 0.3 is 0 Å². The summed E-state index contributed by atoms with van der Waals surface area (Å²) in [5, 5.41) is 5.19. The standard InChI is InChI=1S/C24H20BrCl2N5O2/c1-24(2)11-15-19-18(29-23(30-19)31-20-16(26)4-3-5-17(20)27)10-14(21(15)34-24)22(33)32(28)13-8-6-12(25)7-9-13/h3-10H,11,28H2,1-2H3,(H2,29,30,31). The van der Waals surface area contributed by atoms with Crippen molar-refractivity contribution >= 4 is 73.4 Å². The second kappa shape index (κ2) is 8.46. The number of hydrazine groups is 1. The number of benzene rings is 3. The number of carbonyl (C=O) groups excluding carboxylic acids is 1. The zero-order valence-corrected chi connectivity index (χ0v) is 21.3. The van der Waals surface area contributed by atoms with Crippen LogP contribution < -0.4 is 20.9 Å². The molecule has 7 nitrogen and oxygen atoms in total. The summed E-state index contributed by atoms with van der Waals surface area (Å²) in [5.41, 5.74) is 3.15. The minimum absolute atomic E-state index is 0.351. The molecular weight excluding hydrogens is 541 g/mol. The van der Waals surface area contributed by atoms with E-state index in [1.807, 2.05) is 26.0 Å². The van der Waals surface area contributed by atoms with Gasteiger partial charge in [0.1, 0.15) is 11.4 Å². The van der Waals surface area contributed by atoms with E-state index in [1.54, 1.807) is 36.4 Å². The minimum atomic E-state index is -0.499. The maximum atomic E-state index is 13.5. The summed E-state index contributed by atoms with van der Waals surface area (Å²) >= 11 is 16.0. The molecule has 4 N–H and O–H groups in total. The summed E-state index contributed by atoms with van der Waals surface area (Å²) in [4.78, 5) is 21.4. The Morgan fingerprint density at radius 3 is 2.56 bits per heavy atom. The van der Waals surface area contributed by atoms with Crippen molar-refractivity contribution in [3.63, 3.8) is 0 Å². The predicted molar refractivity (Wildman–Crippen MR) is 139 cm³/mol. The number of aromatic amines is 1. The van der Waals surface area contributed by atoms with Gasteiger partial charge in [-0.05, 0) is 56.3 Å². The number of nitrogens with two attached hydrogens (primary N) is 1. The number of ether oxygens (including phenoxy) is 1. The number of hydrogen-bond donors (Lipinski definition) is 3. The third kappa shape index (κ3) is 4.11. The second-order valence-corrected chi connectivity index (χ2v) is 10.4. The quantitative estimate of drug-likeness (QED) is 0.148. The minimum Gasteiger partial charge on any atom is -0.486 e. The maximum Gasteiger partial charge on any atom is 0.276 e. The molecule has 1 aliphatic heterocycles. The zero-order chi connectivity index (χ0) is 24.2. The van der Waals surface area contributed by atoms with Crippen LogP contribution in [0.25, 0.3) is 11.0 Å². The van der Waals surface area contributed by atoms with Gasteiger partial charge in [-0.15, -0.1) is 0 Å². The van der Waals surface area contributed by atoms with Crippen molar-refractivity contribution < 1.29 is 9.53 Å². The molecule has 5 rings (SSSR count). The van der Waals surface area contributed by atoms with Gasteiger partial charge in [0.25, 0.3) is 5.91 Å². The average molecular weight is 561 g/mol. The summed E-state index contributed by atoms with van der Waals surface area (Å²) < 4.78 is 7.09. The molecule has 1 amide bonds. The Morgan fingerprint density at radius 1 is 1.21 bits per heavy atom. The lowest BCUT2D eigenvalue weighted by molar-refractivity contribution is 0.0972. The van der Waals surface area contributed by atoms with Crippen LogP contribution in [-0.4, -0.2) is 21.5 Å². The molecule has 4 aromatic rings. The molecule has 1 aromatic heterocycles. The second-order valence-electron chi connectivity index (χ2n) is 8.63. The fourth-order valence-corrected chi connectivity index (χ4v) is 4.78. The van der Waals surface area contributed by atoms with E-state index in [1.165, 1.54) is 0 Å². The van der Waals surface area contributed by atoms with Crippen molar-refractivity contribution in [2.45, 2.75) is 25.9 Å². The molecule has 0 saturated carbocycles. The van der Waals surface area contributed by atoms with Crippen molar-refractivity contribution in [3.8, 4) is 5.75 Å². The molecule has 0 unspecified atom stereocenters. The molecule has 0 atom stereocenters. The Hall–Kier alpha value is -2.78. The third-order valence-corrected chi connectivity index (χ3v) is 6.72. The molecule has 174 valence electrons. The van der Waals surface area contributed by atoms with E-state index in [0.29, 0.717) is 56.1 Å². The monoisotopic (exact) mass is 559 g/mol. The van der Waals surface area contributed by atoms with Crippen LogP contribution in [0.4, 0.5) is 17.3 Å². The van der Waals surface area contributed by atoms with Gasteiger partial charge in [-0.3, -0.25) is 4.79 Å². The molecule has 0 saturated heterocycles. The van der Waals surface area contributed by atoms with Crippen molar-refractivity contribution in [1.82, 2.24) is 9.97 Å². The van der Waals surface area contributed by atoms with Crippen LogP contribution in [-0.2, 0) is 6.42 Å². The van der Waals surface area contributed by atoms with E-state index in [-0.39, 0.29) is 0 Å². The van der Waals surface area contributed by atoms with Gasteiger partial charge in [-0.2, -0.15) is 0 Å². The van der Waals surface area contributed by atoms with Crippen LogP contribution in [0.15, 0.2) is 53.0 Å². The summed E-state index contributed by atoms with van der Waals surface area (Å²) in [5.74, 6) is 6.75. The highest BCUT2D eigenvalue weighted by Crippen LogP contribution is 2.43. The van der Waals surface area contributed by atoms with Crippen LogP contribution in [0.1, 0.15) is 29.8 Å². The topological polar surface area (TPSA) is 96.3 Å². The maximum absolute atomic E-state index is 13.5. The Kier molecular flexibility index (Phi) is 5.72. The fourth-order valence-electron chi connectivity index (χ4n) is 4.02. The highest BCUT2D eigenvalue weighted by molar-refractivity contribution is 9.10. The molecule has 0 fully saturated rings. The first-order valence-corrected chi connectivity index (χ1v) is 12.0. The van der Waals surface area contributed by atoms with Crippen LogP contribution >= 0.6 is 39.1 Å². The van der Waals surface area contributed by atoms with Crippen molar-refractivity contribution in [1.29, 1.82) is 0 Å². The lowest BCUT2D eigenvalue weighted by Crippen LogP contribution is -2.37. The van der Waals surface area contributed by atoms with E-state index >= 15 is 0 Å². The number of halogens is 3. The first-order valence-electron chi connectivity index (χ1n) is 10.4. The summed E-state index contributed by atoms with van der Waals surface area (Å²) in [6.45, 7) is 3.94. The van der Waals surface area contributed by atoms with Gasteiger partial charge in [0.05, 0.1) is 38.0 Å².